The zero-order valence-electron chi connectivity index (χ0n) is 19.5. The largest absolute Gasteiger partial charge is 0.483 e. The van der Waals surface area contributed by atoms with Crippen LogP contribution in [-0.4, -0.2) is 39.0 Å². The summed E-state index contributed by atoms with van der Waals surface area (Å²) in [4.78, 5) is 24.2. The summed E-state index contributed by atoms with van der Waals surface area (Å²) in [5.74, 6) is 0.940. The molecule has 8 nitrogen and oxygen atoms in total. The van der Waals surface area contributed by atoms with Gasteiger partial charge in [0, 0.05) is 12.2 Å². The van der Waals surface area contributed by atoms with Crippen LogP contribution in [-0.2, 0) is 16.1 Å². The maximum absolute atomic E-state index is 12.5. The summed E-state index contributed by atoms with van der Waals surface area (Å²) in [6.07, 6.45) is 1.41. The lowest BCUT2D eigenvalue weighted by Crippen LogP contribution is -2.15. The van der Waals surface area contributed by atoms with Crippen molar-refractivity contribution in [2.75, 3.05) is 17.7 Å². The summed E-state index contributed by atoms with van der Waals surface area (Å²) in [5, 5.41) is 12.0. The van der Waals surface area contributed by atoms with Crippen LogP contribution in [0.5, 0.6) is 5.75 Å². The van der Waals surface area contributed by atoms with Gasteiger partial charge in [-0.2, -0.15) is 0 Å². The first-order valence-electron chi connectivity index (χ1n) is 10.9. The molecule has 0 spiro atoms. The van der Waals surface area contributed by atoms with Gasteiger partial charge in [0.05, 0.1) is 17.9 Å². The van der Waals surface area contributed by atoms with E-state index in [1.807, 2.05) is 42.7 Å². The van der Waals surface area contributed by atoms with Crippen LogP contribution in [0.2, 0.25) is 0 Å². The van der Waals surface area contributed by atoms with Gasteiger partial charge in [0.25, 0.3) is 0 Å². The number of aryl methyl sites for hydroxylation is 1. The molecule has 1 heterocycles. The summed E-state index contributed by atoms with van der Waals surface area (Å²) >= 11 is 1.28. The van der Waals surface area contributed by atoms with Gasteiger partial charge < -0.3 is 14.8 Å². The minimum atomic E-state index is -0.395. The van der Waals surface area contributed by atoms with E-state index in [-0.39, 0.29) is 17.8 Å². The fraction of sp³-hybridized carbons (Fsp3) is 0.280. The molecule has 0 aliphatic heterocycles. The predicted molar refractivity (Wildman–Crippen MR) is 132 cm³/mol. The fourth-order valence-corrected chi connectivity index (χ4v) is 3.87. The second kappa shape index (κ2) is 12.0. The standard InChI is InChI=1S/C25H28N4O4S/c1-5-15-29-23(18(4)33-21-13-7-17(3)8-14-21)27-28-25(29)34-16-22(30)26-20-11-9-19(10-12-20)24(31)32-6-2/h5,7-14,18H,1,6,15-16H2,2-4H3,(H,26,30). The Hall–Kier alpha value is -3.59. The third-order valence-corrected chi connectivity index (χ3v) is 5.73. The number of ether oxygens (including phenoxy) is 2. The molecular weight excluding hydrogens is 452 g/mol. The smallest absolute Gasteiger partial charge is 0.338 e. The first-order valence-corrected chi connectivity index (χ1v) is 11.9. The van der Waals surface area contributed by atoms with E-state index in [1.165, 1.54) is 11.8 Å². The number of allylic oxidation sites excluding steroid dienone is 1. The molecule has 1 atom stereocenters. The van der Waals surface area contributed by atoms with E-state index in [9.17, 15) is 9.59 Å². The normalized spacial score (nSPS) is 11.5. The minimum absolute atomic E-state index is 0.141. The molecule has 9 heteroatoms. The number of carbonyl (C=O) groups is 2. The van der Waals surface area contributed by atoms with Crippen LogP contribution in [0.1, 0.15) is 41.7 Å². The molecule has 0 bridgehead atoms. The molecule has 1 amide bonds. The molecule has 1 aromatic heterocycles. The van der Waals surface area contributed by atoms with Crippen molar-refractivity contribution in [3.05, 3.63) is 78.1 Å². The van der Waals surface area contributed by atoms with Crippen molar-refractivity contribution >= 4 is 29.3 Å². The van der Waals surface area contributed by atoms with Crippen molar-refractivity contribution in [2.45, 2.75) is 38.6 Å². The van der Waals surface area contributed by atoms with Gasteiger partial charge in [0.1, 0.15) is 5.75 Å². The van der Waals surface area contributed by atoms with Crippen molar-refractivity contribution in [1.82, 2.24) is 14.8 Å². The number of nitrogens with zero attached hydrogens (tertiary/aromatic N) is 3. The van der Waals surface area contributed by atoms with E-state index >= 15 is 0 Å². The molecule has 0 fully saturated rings. The SMILES string of the molecule is C=CCn1c(SCC(=O)Nc2ccc(C(=O)OCC)cc2)nnc1C(C)Oc1ccc(C)cc1. The zero-order chi connectivity index (χ0) is 24.5. The predicted octanol–water partition coefficient (Wildman–Crippen LogP) is 4.82. The van der Waals surface area contributed by atoms with Gasteiger partial charge in [-0.3, -0.25) is 9.36 Å². The molecule has 3 rings (SSSR count). The number of hydrogen-bond donors (Lipinski definition) is 1. The number of aromatic nitrogens is 3. The van der Waals surface area contributed by atoms with Gasteiger partial charge in [0.15, 0.2) is 17.1 Å². The third kappa shape index (κ3) is 6.71. The van der Waals surface area contributed by atoms with Crippen LogP contribution in [0.3, 0.4) is 0 Å². The van der Waals surface area contributed by atoms with Gasteiger partial charge in [0.2, 0.25) is 5.91 Å². The number of nitrogens with one attached hydrogen (secondary N) is 1. The van der Waals surface area contributed by atoms with Gasteiger partial charge in [-0.1, -0.05) is 35.5 Å². The Morgan fingerprint density at radius 3 is 2.50 bits per heavy atom. The number of rotatable bonds is 11. The Kier molecular flexibility index (Phi) is 8.86. The van der Waals surface area contributed by atoms with Crippen molar-refractivity contribution in [3.63, 3.8) is 0 Å². The minimum Gasteiger partial charge on any atom is -0.483 e. The molecule has 1 N–H and O–H groups in total. The Balaban J connectivity index is 1.61. The molecular formula is C25H28N4O4S. The number of amides is 1. The van der Waals surface area contributed by atoms with Crippen LogP contribution in [0.25, 0.3) is 0 Å². The number of anilines is 1. The van der Waals surface area contributed by atoms with Gasteiger partial charge in [-0.15, -0.1) is 16.8 Å². The second-order valence-corrected chi connectivity index (χ2v) is 8.39. The summed E-state index contributed by atoms with van der Waals surface area (Å²) in [7, 11) is 0. The molecule has 0 radical (unpaired) electrons. The first-order chi connectivity index (χ1) is 16.4. The number of esters is 1. The Morgan fingerprint density at radius 1 is 1.15 bits per heavy atom. The quantitative estimate of drug-likeness (QED) is 0.239. The molecule has 3 aromatic rings. The molecule has 0 aliphatic rings. The van der Waals surface area contributed by atoms with Gasteiger partial charge in [-0.05, 0) is 57.2 Å². The lowest BCUT2D eigenvalue weighted by atomic mass is 10.2. The Morgan fingerprint density at radius 2 is 1.85 bits per heavy atom. The fourth-order valence-electron chi connectivity index (χ4n) is 3.11. The van der Waals surface area contributed by atoms with Gasteiger partial charge >= 0.3 is 5.97 Å². The third-order valence-electron chi connectivity index (χ3n) is 4.77. The summed E-state index contributed by atoms with van der Waals surface area (Å²) < 4.78 is 12.9. The molecule has 34 heavy (non-hydrogen) atoms. The van der Waals surface area contributed by atoms with E-state index < -0.39 is 5.97 Å². The van der Waals surface area contributed by atoms with Crippen molar-refractivity contribution < 1.29 is 19.1 Å². The van der Waals surface area contributed by atoms with E-state index in [0.717, 1.165) is 11.3 Å². The average molecular weight is 481 g/mol. The maximum atomic E-state index is 12.5. The number of carbonyl (C=O) groups excluding carboxylic acids is 2. The highest BCUT2D eigenvalue weighted by Gasteiger charge is 2.20. The zero-order valence-corrected chi connectivity index (χ0v) is 20.3. The maximum Gasteiger partial charge on any atom is 0.338 e. The molecule has 0 aliphatic carbocycles. The van der Waals surface area contributed by atoms with E-state index in [1.54, 1.807) is 37.3 Å². The van der Waals surface area contributed by atoms with Crippen LogP contribution in [0.15, 0.2) is 66.3 Å². The highest BCUT2D eigenvalue weighted by Crippen LogP contribution is 2.25. The lowest BCUT2D eigenvalue weighted by Gasteiger charge is -2.16. The van der Waals surface area contributed by atoms with Crippen LogP contribution in [0, 0.1) is 6.92 Å². The molecule has 0 saturated heterocycles. The van der Waals surface area contributed by atoms with E-state index in [2.05, 4.69) is 22.1 Å². The monoisotopic (exact) mass is 480 g/mol. The van der Waals surface area contributed by atoms with Crippen LogP contribution in [0.4, 0.5) is 5.69 Å². The molecule has 0 saturated carbocycles. The molecule has 2 aromatic carbocycles. The highest BCUT2D eigenvalue weighted by atomic mass is 32.2. The second-order valence-electron chi connectivity index (χ2n) is 7.45. The summed E-state index contributed by atoms with van der Waals surface area (Å²) in [6.45, 7) is 10.3. The van der Waals surface area contributed by atoms with Gasteiger partial charge in [-0.25, -0.2) is 4.79 Å². The summed E-state index contributed by atoms with van der Waals surface area (Å²) in [6, 6.07) is 14.4. The highest BCUT2D eigenvalue weighted by molar-refractivity contribution is 7.99. The average Bonchev–Trinajstić information content (AvgIpc) is 3.23. The topological polar surface area (TPSA) is 95.3 Å². The van der Waals surface area contributed by atoms with Crippen LogP contribution < -0.4 is 10.1 Å². The number of hydrogen-bond acceptors (Lipinski definition) is 7. The molecule has 178 valence electrons. The molecule has 1 unspecified atom stereocenters. The summed E-state index contributed by atoms with van der Waals surface area (Å²) in [5.41, 5.74) is 2.18. The van der Waals surface area contributed by atoms with Crippen LogP contribution >= 0.6 is 11.8 Å². The number of thioether (sulfide) groups is 1. The lowest BCUT2D eigenvalue weighted by molar-refractivity contribution is -0.113. The van der Waals surface area contributed by atoms with Crippen molar-refractivity contribution in [3.8, 4) is 5.75 Å². The number of benzene rings is 2. The van der Waals surface area contributed by atoms with Crippen molar-refractivity contribution in [1.29, 1.82) is 0 Å². The van der Waals surface area contributed by atoms with E-state index in [4.69, 9.17) is 9.47 Å². The Bertz CT molecular complexity index is 1130. The first kappa shape index (κ1) is 25.0. The van der Waals surface area contributed by atoms with Crippen molar-refractivity contribution in [2.24, 2.45) is 0 Å². The Labute approximate surface area is 203 Å². The van der Waals surface area contributed by atoms with E-state index in [0.29, 0.717) is 35.4 Å².